The standard InChI is InChI=1S/C10H13NOS/c1-8-4-2-3-5-9(8)6-13-7-10(11)12/h2-5H,6-7H2,1H3,(H2,11,12). The molecule has 1 aromatic rings. The van der Waals surface area contributed by atoms with E-state index in [-0.39, 0.29) is 5.91 Å². The molecule has 0 aliphatic carbocycles. The van der Waals surface area contributed by atoms with Crippen molar-refractivity contribution < 1.29 is 4.79 Å². The largest absolute Gasteiger partial charge is 0.369 e. The van der Waals surface area contributed by atoms with Gasteiger partial charge in [0.2, 0.25) is 5.91 Å². The molecule has 0 saturated carbocycles. The summed E-state index contributed by atoms with van der Waals surface area (Å²) in [6, 6.07) is 8.16. The molecule has 0 heterocycles. The predicted octanol–water partition coefficient (Wildman–Crippen LogP) is 1.71. The maximum absolute atomic E-state index is 10.5. The molecular weight excluding hydrogens is 182 g/mol. The monoisotopic (exact) mass is 195 g/mol. The Morgan fingerprint density at radius 3 is 2.77 bits per heavy atom. The summed E-state index contributed by atoms with van der Waals surface area (Å²) in [5, 5.41) is 0. The lowest BCUT2D eigenvalue weighted by atomic mass is 10.1. The minimum Gasteiger partial charge on any atom is -0.369 e. The van der Waals surface area contributed by atoms with Gasteiger partial charge in [-0.25, -0.2) is 0 Å². The van der Waals surface area contributed by atoms with Crippen molar-refractivity contribution in [3.8, 4) is 0 Å². The van der Waals surface area contributed by atoms with Gasteiger partial charge in [-0.3, -0.25) is 4.79 Å². The van der Waals surface area contributed by atoms with Crippen LogP contribution in [-0.4, -0.2) is 11.7 Å². The fourth-order valence-corrected chi connectivity index (χ4v) is 1.88. The number of benzene rings is 1. The van der Waals surface area contributed by atoms with Crippen molar-refractivity contribution in [2.75, 3.05) is 5.75 Å². The minimum atomic E-state index is -0.251. The van der Waals surface area contributed by atoms with Gasteiger partial charge in [0.05, 0.1) is 5.75 Å². The average molecular weight is 195 g/mol. The van der Waals surface area contributed by atoms with E-state index in [1.807, 2.05) is 12.1 Å². The predicted molar refractivity (Wildman–Crippen MR) is 56.5 cm³/mol. The second kappa shape index (κ2) is 4.92. The molecule has 1 amide bonds. The molecular formula is C10H13NOS. The lowest BCUT2D eigenvalue weighted by molar-refractivity contribution is -0.115. The molecule has 0 bridgehead atoms. The molecule has 2 N–H and O–H groups in total. The van der Waals surface area contributed by atoms with Gasteiger partial charge in [-0.2, -0.15) is 0 Å². The molecule has 2 nitrogen and oxygen atoms in total. The van der Waals surface area contributed by atoms with Crippen LogP contribution in [0.1, 0.15) is 11.1 Å². The topological polar surface area (TPSA) is 43.1 Å². The number of carbonyl (C=O) groups excluding carboxylic acids is 1. The molecule has 0 fully saturated rings. The van der Waals surface area contributed by atoms with E-state index in [0.717, 1.165) is 5.75 Å². The number of hydrogen-bond acceptors (Lipinski definition) is 2. The molecule has 13 heavy (non-hydrogen) atoms. The lowest BCUT2D eigenvalue weighted by Crippen LogP contribution is -2.13. The number of hydrogen-bond donors (Lipinski definition) is 1. The van der Waals surface area contributed by atoms with Crippen LogP contribution in [0.4, 0.5) is 0 Å². The second-order valence-electron chi connectivity index (χ2n) is 2.89. The Kier molecular flexibility index (Phi) is 3.83. The van der Waals surface area contributed by atoms with Crippen LogP contribution in [0, 0.1) is 6.92 Å². The van der Waals surface area contributed by atoms with E-state index in [1.165, 1.54) is 11.1 Å². The number of thioether (sulfide) groups is 1. The van der Waals surface area contributed by atoms with Crippen LogP contribution in [0.3, 0.4) is 0 Å². The van der Waals surface area contributed by atoms with Gasteiger partial charge in [0.25, 0.3) is 0 Å². The van der Waals surface area contributed by atoms with E-state index >= 15 is 0 Å². The van der Waals surface area contributed by atoms with E-state index in [1.54, 1.807) is 11.8 Å². The fourth-order valence-electron chi connectivity index (χ4n) is 1.03. The van der Waals surface area contributed by atoms with E-state index in [9.17, 15) is 4.79 Å². The molecule has 0 aromatic heterocycles. The van der Waals surface area contributed by atoms with Gasteiger partial charge >= 0.3 is 0 Å². The quantitative estimate of drug-likeness (QED) is 0.794. The highest BCUT2D eigenvalue weighted by Crippen LogP contribution is 2.14. The summed E-state index contributed by atoms with van der Waals surface area (Å²) in [6.45, 7) is 2.07. The van der Waals surface area contributed by atoms with E-state index < -0.39 is 0 Å². The summed E-state index contributed by atoms with van der Waals surface area (Å²) < 4.78 is 0. The van der Waals surface area contributed by atoms with E-state index in [0.29, 0.717) is 5.75 Å². The summed E-state index contributed by atoms with van der Waals surface area (Å²) in [5.74, 6) is 1.00. The van der Waals surface area contributed by atoms with Crippen LogP contribution in [-0.2, 0) is 10.5 Å². The van der Waals surface area contributed by atoms with Crippen LogP contribution in [0.2, 0.25) is 0 Å². The van der Waals surface area contributed by atoms with E-state index in [4.69, 9.17) is 5.73 Å². The number of nitrogens with two attached hydrogens (primary N) is 1. The Bertz CT molecular complexity index is 299. The van der Waals surface area contributed by atoms with Gasteiger partial charge in [-0.05, 0) is 18.1 Å². The van der Waals surface area contributed by atoms with Gasteiger partial charge < -0.3 is 5.73 Å². The third kappa shape index (κ3) is 3.51. The SMILES string of the molecule is Cc1ccccc1CSCC(N)=O. The molecule has 0 aliphatic rings. The summed E-state index contributed by atoms with van der Waals surface area (Å²) in [5.41, 5.74) is 7.57. The highest BCUT2D eigenvalue weighted by molar-refractivity contribution is 7.99. The molecule has 1 rings (SSSR count). The molecule has 0 radical (unpaired) electrons. The lowest BCUT2D eigenvalue weighted by Gasteiger charge is -2.03. The Hall–Kier alpha value is -0.960. The zero-order valence-electron chi connectivity index (χ0n) is 7.62. The smallest absolute Gasteiger partial charge is 0.227 e. The van der Waals surface area contributed by atoms with Crippen molar-refractivity contribution in [2.45, 2.75) is 12.7 Å². The van der Waals surface area contributed by atoms with Crippen molar-refractivity contribution in [1.82, 2.24) is 0 Å². The van der Waals surface area contributed by atoms with Gasteiger partial charge in [-0.1, -0.05) is 24.3 Å². The number of primary amides is 1. The Morgan fingerprint density at radius 2 is 2.15 bits per heavy atom. The molecule has 0 saturated heterocycles. The molecule has 1 aromatic carbocycles. The Labute approximate surface area is 82.5 Å². The van der Waals surface area contributed by atoms with Gasteiger partial charge in [0, 0.05) is 5.75 Å². The molecule has 0 unspecified atom stereocenters. The summed E-state index contributed by atoms with van der Waals surface area (Å²) in [7, 11) is 0. The maximum Gasteiger partial charge on any atom is 0.227 e. The molecule has 0 spiro atoms. The first-order valence-electron chi connectivity index (χ1n) is 4.10. The van der Waals surface area contributed by atoms with Gasteiger partial charge in [0.1, 0.15) is 0 Å². The summed E-state index contributed by atoms with van der Waals surface area (Å²) in [4.78, 5) is 10.5. The highest BCUT2D eigenvalue weighted by atomic mass is 32.2. The molecule has 0 atom stereocenters. The second-order valence-corrected chi connectivity index (χ2v) is 3.87. The van der Waals surface area contributed by atoms with Crippen LogP contribution < -0.4 is 5.73 Å². The number of aryl methyl sites for hydroxylation is 1. The van der Waals surface area contributed by atoms with Crippen molar-refractivity contribution in [1.29, 1.82) is 0 Å². The Balaban J connectivity index is 2.45. The van der Waals surface area contributed by atoms with Crippen LogP contribution in [0.5, 0.6) is 0 Å². The fraction of sp³-hybridized carbons (Fsp3) is 0.300. The number of rotatable bonds is 4. The zero-order chi connectivity index (χ0) is 9.68. The van der Waals surface area contributed by atoms with Gasteiger partial charge in [0.15, 0.2) is 0 Å². The van der Waals surface area contributed by atoms with Gasteiger partial charge in [-0.15, -0.1) is 11.8 Å². The van der Waals surface area contributed by atoms with Crippen molar-refractivity contribution >= 4 is 17.7 Å². The maximum atomic E-state index is 10.5. The first-order chi connectivity index (χ1) is 6.20. The Morgan fingerprint density at radius 1 is 1.46 bits per heavy atom. The van der Waals surface area contributed by atoms with Crippen LogP contribution >= 0.6 is 11.8 Å². The summed E-state index contributed by atoms with van der Waals surface area (Å²) in [6.07, 6.45) is 0. The first kappa shape index (κ1) is 10.1. The highest BCUT2D eigenvalue weighted by Gasteiger charge is 1.98. The van der Waals surface area contributed by atoms with Crippen LogP contribution in [0.15, 0.2) is 24.3 Å². The molecule has 0 aliphatic heterocycles. The number of amides is 1. The number of carbonyl (C=O) groups is 1. The normalized spacial score (nSPS) is 9.92. The molecule has 70 valence electrons. The first-order valence-corrected chi connectivity index (χ1v) is 5.26. The molecule has 3 heteroatoms. The van der Waals surface area contributed by atoms with Crippen molar-refractivity contribution in [3.63, 3.8) is 0 Å². The van der Waals surface area contributed by atoms with E-state index in [2.05, 4.69) is 19.1 Å². The third-order valence-electron chi connectivity index (χ3n) is 1.76. The zero-order valence-corrected chi connectivity index (χ0v) is 8.43. The van der Waals surface area contributed by atoms with Crippen LogP contribution in [0.25, 0.3) is 0 Å². The summed E-state index contributed by atoms with van der Waals surface area (Å²) >= 11 is 1.55. The third-order valence-corrected chi connectivity index (χ3v) is 2.77. The average Bonchev–Trinajstić information content (AvgIpc) is 2.08. The minimum absolute atomic E-state index is 0.251. The van der Waals surface area contributed by atoms with Crippen molar-refractivity contribution in [2.24, 2.45) is 5.73 Å². The van der Waals surface area contributed by atoms with Crippen molar-refractivity contribution in [3.05, 3.63) is 35.4 Å².